The van der Waals surface area contributed by atoms with Crippen molar-refractivity contribution in [3.05, 3.63) is 29.8 Å². The average molecular weight is 223 g/mol. The van der Waals surface area contributed by atoms with E-state index in [1.54, 1.807) is 11.8 Å². The van der Waals surface area contributed by atoms with Gasteiger partial charge in [0.2, 0.25) is 0 Å². The number of carbonyl (C=O) groups excluding carboxylic acids is 1. The Bertz CT molecular complexity index is 325. The van der Waals surface area contributed by atoms with E-state index in [0.717, 1.165) is 22.6 Å². The van der Waals surface area contributed by atoms with Crippen LogP contribution in [0.15, 0.2) is 29.2 Å². The van der Waals surface area contributed by atoms with E-state index in [-0.39, 0.29) is 5.91 Å². The lowest BCUT2D eigenvalue weighted by Crippen LogP contribution is -2.23. The van der Waals surface area contributed by atoms with Crippen molar-refractivity contribution >= 4 is 17.7 Å². The number of amides is 1. The van der Waals surface area contributed by atoms with Gasteiger partial charge in [-0.15, -0.1) is 11.8 Å². The zero-order chi connectivity index (χ0) is 11.1. The maximum absolute atomic E-state index is 11.7. The Balaban J connectivity index is 2.80. The highest BCUT2D eigenvalue weighted by Crippen LogP contribution is 2.22. The van der Waals surface area contributed by atoms with E-state index in [4.69, 9.17) is 0 Å². The molecule has 0 radical (unpaired) electrons. The lowest BCUT2D eigenvalue weighted by Gasteiger charge is -2.07. The van der Waals surface area contributed by atoms with Gasteiger partial charge in [0.05, 0.1) is 5.56 Å². The molecule has 0 saturated heterocycles. The van der Waals surface area contributed by atoms with E-state index in [1.165, 1.54) is 0 Å². The summed E-state index contributed by atoms with van der Waals surface area (Å²) in [7, 11) is 0. The maximum atomic E-state index is 11.7. The first-order valence-electron chi connectivity index (χ1n) is 5.29. The molecule has 0 fully saturated rings. The molecule has 0 aliphatic carbocycles. The quantitative estimate of drug-likeness (QED) is 0.778. The second-order valence-corrected chi connectivity index (χ2v) is 4.34. The Kier molecular flexibility index (Phi) is 5.26. The standard InChI is InChI=1S/C12H17NOS/c1-3-9-15-11-8-6-5-7-10(11)12(14)13-4-2/h5-8H,3-4,9H2,1-2H3,(H,13,14). The molecule has 0 atom stereocenters. The Morgan fingerprint density at radius 2 is 2.07 bits per heavy atom. The van der Waals surface area contributed by atoms with Crippen LogP contribution in [0.2, 0.25) is 0 Å². The molecular formula is C12H17NOS. The molecule has 0 unspecified atom stereocenters. The van der Waals surface area contributed by atoms with Gasteiger partial charge in [0.15, 0.2) is 0 Å². The summed E-state index contributed by atoms with van der Waals surface area (Å²) in [6.45, 7) is 4.74. The molecule has 0 spiro atoms. The van der Waals surface area contributed by atoms with Crippen molar-refractivity contribution in [2.75, 3.05) is 12.3 Å². The number of hydrogen-bond donors (Lipinski definition) is 1. The topological polar surface area (TPSA) is 29.1 Å². The van der Waals surface area contributed by atoms with Gasteiger partial charge in [-0.2, -0.15) is 0 Å². The minimum absolute atomic E-state index is 0.0247. The molecule has 0 heterocycles. The van der Waals surface area contributed by atoms with Crippen LogP contribution in [-0.4, -0.2) is 18.2 Å². The van der Waals surface area contributed by atoms with Crippen molar-refractivity contribution in [3.63, 3.8) is 0 Å². The Morgan fingerprint density at radius 1 is 1.33 bits per heavy atom. The third-order valence-corrected chi connectivity index (χ3v) is 3.21. The zero-order valence-corrected chi connectivity index (χ0v) is 10.1. The zero-order valence-electron chi connectivity index (χ0n) is 9.25. The van der Waals surface area contributed by atoms with Crippen LogP contribution in [0.1, 0.15) is 30.6 Å². The summed E-state index contributed by atoms with van der Waals surface area (Å²) < 4.78 is 0. The highest BCUT2D eigenvalue weighted by molar-refractivity contribution is 7.99. The molecule has 3 heteroatoms. The fourth-order valence-electron chi connectivity index (χ4n) is 1.25. The summed E-state index contributed by atoms with van der Waals surface area (Å²) in [6, 6.07) is 7.76. The highest BCUT2D eigenvalue weighted by Gasteiger charge is 2.09. The highest BCUT2D eigenvalue weighted by atomic mass is 32.2. The van der Waals surface area contributed by atoms with Crippen LogP contribution in [0.5, 0.6) is 0 Å². The van der Waals surface area contributed by atoms with Gasteiger partial charge in [-0.25, -0.2) is 0 Å². The maximum Gasteiger partial charge on any atom is 0.252 e. The molecule has 0 aliphatic heterocycles. The average Bonchev–Trinajstić information content (AvgIpc) is 2.27. The molecular weight excluding hydrogens is 206 g/mol. The van der Waals surface area contributed by atoms with Crippen molar-refractivity contribution in [1.29, 1.82) is 0 Å². The second kappa shape index (κ2) is 6.51. The van der Waals surface area contributed by atoms with Crippen molar-refractivity contribution in [2.45, 2.75) is 25.2 Å². The Hall–Kier alpha value is -0.960. The molecule has 1 aromatic carbocycles. The summed E-state index contributed by atoms with van der Waals surface area (Å²) in [5.41, 5.74) is 0.790. The number of benzene rings is 1. The molecule has 0 aliphatic rings. The van der Waals surface area contributed by atoms with Gasteiger partial charge in [-0.05, 0) is 31.2 Å². The summed E-state index contributed by atoms with van der Waals surface area (Å²) in [5, 5.41) is 2.83. The van der Waals surface area contributed by atoms with E-state index >= 15 is 0 Å². The molecule has 0 saturated carbocycles. The lowest BCUT2D eigenvalue weighted by atomic mass is 10.2. The minimum Gasteiger partial charge on any atom is -0.352 e. The summed E-state index contributed by atoms with van der Waals surface area (Å²) in [5.74, 6) is 1.08. The molecule has 82 valence electrons. The smallest absolute Gasteiger partial charge is 0.252 e. The van der Waals surface area contributed by atoms with Crippen molar-refractivity contribution in [3.8, 4) is 0 Å². The second-order valence-electron chi connectivity index (χ2n) is 3.20. The molecule has 0 bridgehead atoms. The van der Waals surface area contributed by atoms with Gasteiger partial charge in [-0.3, -0.25) is 4.79 Å². The minimum atomic E-state index is 0.0247. The number of rotatable bonds is 5. The van der Waals surface area contributed by atoms with E-state index in [1.807, 2.05) is 31.2 Å². The molecule has 1 amide bonds. The van der Waals surface area contributed by atoms with Crippen molar-refractivity contribution in [1.82, 2.24) is 5.32 Å². The number of carbonyl (C=O) groups is 1. The van der Waals surface area contributed by atoms with Crippen molar-refractivity contribution in [2.24, 2.45) is 0 Å². The van der Waals surface area contributed by atoms with Crippen LogP contribution in [0.3, 0.4) is 0 Å². The van der Waals surface area contributed by atoms with Gasteiger partial charge < -0.3 is 5.32 Å². The Labute approximate surface area is 95.5 Å². The molecule has 0 aromatic heterocycles. The van der Waals surface area contributed by atoms with Gasteiger partial charge in [-0.1, -0.05) is 19.1 Å². The predicted molar refractivity (Wildman–Crippen MR) is 65.5 cm³/mol. The van der Waals surface area contributed by atoms with Gasteiger partial charge in [0.1, 0.15) is 0 Å². The van der Waals surface area contributed by atoms with Crippen LogP contribution in [0, 0.1) is 0 Å². The number of nitrogens with one attached hydrogen (secondary N) is 1. The summed E-state index contributed by atoms with van der Waals surface area (Å²) >= 11 is 1.74. The van der Waals surface area contributed by atoms with Gasteiger partial charge in [0.25, 0.3) is 5.91 Å². The third kappa shape index (κ3) is 3.59. The van der Waals surface area contributed by atoms with Crippen LogP contribution in [-0.2, 0) is 0 Å². The monoisotopic (exact) mass is 223 g/mol. The fourth-order valence-corrected chi connectivity index (χ4v) is 2.16. The van der Waals surface area contributed by atoms with Crippen LogP contribution >= 0.6 is 11.8 Å². The van der Waals surface area contributed by atoms with E-state index in [2.05, 4.69) is 12.2 Å². The first-order chi connectivity index (χ1) is 7.29. The van der Waals surface area contributed by atoms with E-state index in [0.29, 0.717) is 6.54 Å². The number of hydrogen-bond acceptors (Lipinski definition) is 2. The third-order valence-electron chi connectivity index (χ3n) is 1.93. The van der Waals surface area contributed by atoms with Gasteiger partial charge >= 0.3 is 0 Å². The van der Waals surface area contributed by atoms with Crippen molar-refractivity contribution < 1.29 is 4.79 Å². The lowest BCUT2D eigenvalue weighted by molar-refractivity contribution is 0.0953. The number of thioether (sulfide) groups is 1. The summed E-state index contributed by atoms with van der Waals surface area (Å²) in [6.07, 6.45) is 1.12. The molecule has 1 rings (SSSR count). The SMILES string of the molecule is CCCSc1ccccc1C(=O)NCC. The van der Waals surface area contributed by atoms with Crippen LogP contribution in [0.25, 0.3) is 0 Å². The molecule has 15 heavy (non-hydrogen) atoms. The van der Waals surface area contributed by atoms with Crippen LogP contribution < -0.4 is 5.32 Å². The van der Waals surface area contributed by atoms with Gasteiger partial charge in [0, 0.05) is 11.4 Å². The molecule has 1 aromatic rings. The fraction of sp³-hybridized carbons (Fsp3) is 0.417. The van der Waals surface area contributed by atoms with E-state index < -0.39 is 0 Å². The predicted octanol–water partition coefficient (Wildman–Crippen LogP) is 2.94. The summed E-state index contributed by atoms with van der Waals surface area (Å²) in [4.78, 5) is 12.8. The molecule has 1 N–H and O–H groups in total. The van der Waals surface area contributed by atoms with Crippen LogP contribution in [0.4, 0.5) is 0 Å². The Morgan fingerprint density at radius 3 is 2.73 bits per heavy atom. The first-order valence-corrected chi connectivity index (χ1v) is 6.28. The largest absolute Gasteiger partial charge is 0.352 e. The first kappa shape index (κ1) is 12.1. The normalized spacial score (nSPS) is 10.0. The van der Waals surface area contributed by atoms with E-state index in [9.17, 15) is 4.79 Å². The molecule has 2 nitrogen and oxygen atoms in total.